The zero-order valence-corrected chi connectivity index (χ0v) is 11.7. The topological polar surface area (TPSA) is 24.7 Å². The van der Waals surface area contributed by atoms with E-state index in [0.717, 1.165) is 12.8 Å². The number of hydrogen-bond donors (Lipinski definition) is 0. The molecule has 2 nitrogen and oxygen atoms in total. The number of rotatable bonds is 4. The molecule has 0 unspecified atom stereocenters. The summed E-state index contributed by atoms with van der Waals surface area (Å²) in [6.45, 7) is 13.1. The molecule has 0 bridgehead atoms. The van der Waals surface area contributed by atoms with Crippen molar-refractivity contribution in [2.75, 3.05) is 0 Å². The fourth-order valence-corrected chi connectivity index (χ4v) is 2.19. The summed E-state index contributed by atoms with van der Waals surface area (Å²) in [4.78, 5) is 0. The van der Waals surface area contributed by atoms with Crippen LogP contribution in [0.4, 0.5) is 0 Å². The van der Waals surface area contributed by atoms with E-state index < -0.39 is 18.2 Å². The third-order valence-electron chi connectivity index (χ3n) is 2.31. The van der Waals surface area contributed by atoms with Crippen LogP contribution in [-0.2, 0) is 18.2 Å². The minimum atomic E-state index is -0.492. The Kier molecular flexibility index (Phi) is 5.36. The Labute approximate surface area is 90.8 Å². The van der Waals surface area contributed by atoms with Crippen molar-refractivity contribution < 1.29 is 18.2 Å². The molecule has 0 atom stereocenters. The van der Waals surface area contributed by atoms with Crippen LogP contribution in [0, 0.1) is 0 Å². The van der Waals surface area contributed by atoms with Crippen molar-refractivity contribution in [1.29, 1.82) is 0 Å². The first kappa shape index (κ1) is 13.3. The summed E-state index contributed by atoms with van der Waals surface area (Å²) in [5.41, 5.74) is 0.297. The van der Waals surface area contributed by atoms with E-state index in [0.29, 0.717) is 0 Å². The second-order valence-corrected chi connectivity index (χ2v) is 5.90. The van der Waals surface area contributed by atoms with Gasteiger partial charge in [-0.1, -0.05) is 0 Å². The van der Waals surface area contributed by atoms with E-state index >= 15 is 0 Å². The van der Waals surface area contributed by atoms with Gasteiger partial charge in [0, 0.05) is 0 Å². The van der Waals surface area contributed by atoms with Gasteiger partial charge in [-0.25, -0.2) is 0 Å². The SMILES string of the molecule is CCC(C)(C)[N]=[Mo]=[N]C(C)(C)CC. The van der Waals surface area contributed by atoms with Crippen molar-refractivity contribution in [1.82, 2.24) is 0 Å². The van der Waals surface area contributed by atoms with Gasteiger partial charge in [0.1, 0.15) is 0 Å². The van der Waals surface area contributed by atoms with Crippen molar-refractivity contribution in [2.45, 2.75) is 65.5 Å². The molecule has 0 aromatic carbocycles. The van der Waals surface area contributed by atoms with E-state index in [1.165, 1.54) is 0 Å². The Balaban J connectivity index is 4.42. The summed E-state index contributed by atoms with van der Waals surface area (Å²) >= 11 is -0.492. The van der Waals surface area contributed by atoms with E-state index in [4.69, 9.17) is 0 Å². The summed E-state index contributed by atoms with van der Waals surface area (Å²) in [5.74, 6) is 0. The van der Waals surface area contributed by atoms with E-state index in [2.05, 4.69) is 48.5 Å². The van der Waals surface area contributed by atoms with Gasteiger partial charge in [-0.3, -0.25) is 0 Å². The van der Waals surface area contributed by atoms with Crippen molar-refractivity contribution in [2.24, 2.45) is 6.99 Å². The number of nitrogens with zero attached hydrogens (tertiary/aromatic N) is 2. The first-order valence-corrected chi connectivity index (χ1v) is 6.73. The van der Waals surface area contributed by atoms with Crippen LogP contribution in [0.2, 0.25) is 0 Å². The molecule has 0 aliphatic carbocycles. The Morgan fingerprint density at radius 3 is 1.38 bits per heavy atom. The molecule has 0 heterocycles. The van der Waals surface area contributed by atoms with E-state index in [9.17, 15) is 0 Å². The van der Waals surface area contributed by atoms with Gasteiger partial charge in [0.05, 0.1) is 0 Å². The van der Waals surface area contributed by atoms with E-state index in [1.54, 1.807) is 0 Å². The molecule has 0 aromatic heterocycles. The average Bonchev–Trinajstić information content (AvgIpc) is 2.04. The summed E-state index contributed by atoms with van der Waals surface area (Å²) in [7, 11) is 0. The Morgan fingerprint density at radius 2 is 1.15 bits per heavy atom. The second-order valence-electron chi connectivity index (χ2n) is 4.60. The van der Waals surface area contributed by atoms with Crippen molar-refractivity contribution in [3.63, 3.8) is 0 Å². The molecular formula is C10H22MoN2. The molecule has 0 saturated heterocycles. The summed E-state index contributed by atoms with van der Waals surface area (Å²) < 4.78 is 9.34. The van der Waals surface area contributed by atoms with Crippen molar-refractivity contribution in [3.05, 3.63) is 0 Å². The second kappa shape index (κ2) is 5.24. The van der Waals surface area contributed by atoms with Crippen molar-refractivity contribution in [3.8, 4) is 0 Å². The molecule has 0 fully saturated rings. The molecule has 0 radical (unpaired) electrons. The molecule has 0 rings (SSSR count). The molecule has 0 aromatic rings. The van der Waals surface area contributed by atoms with Crippen molar-refractivity contribution >= 4 is 0 Å². The Hall–Kier alpha value is 0.288. The van der Waals surface area contributed by atoms with Gasteiger partial charge in [-0.2, -0.15) is 0 Å². The van der Waals surface area contributed by atoms with Crippen LogP contribution in [0.15, 0.2) is 6.99 Å². The molecule has 0 saturated carbocycles. The molecule has 13 heavy (non-hydrogen) atoms. The fraction of sp³-hybridized carbons (Fsp3) is 1.00. The van der Waals surface area contributed by atoms with E-state index in [-0.39, 0.29) is 11.1 Å². The average molecular weight is 266 g/mol. The quantitative estimate of drug-likeness (QED) is 0.691. The number of hydrogen-bond acceptors (Lipinski definition) is 2. The molecule has 0 aliphatic heterocycles. The fourth-order valence-electron chi connectivity index (χ4n) is 0.371. The third kappa shape index (κ3) is 6.37. The van der Waals surface area contributed by atoms with Gasteiger partial charge in [0.15, 0.2) is 0 Å². The molecule has 0 aliphatic rings. The van der Waals surface area contributed by atoms with Gasteiger partial charge in [-0.05, 0) is 0 Å². The molecule has 3 heteroatoms. The van der Waals surface area contributed by atoms with Crippen LogP contribution in [-0.4, -0.2) is 11.1 Å². The predicted molar refractivity (Wildman–Crippen MR) is 53.6 cm³/mol. The van der Waals surface area contributed by atoms with Crippen LogP contribution in [0.25, 0.3) is 0 Å². The van der Waals surface area contributed by atoms with Crippen LogP contribution in [0.5, 0.6) is 0 Å². The normalized spacial score (nSPS) is 12.5. The molecule has 78 valence electrons. The third-order valence-corrected chi connectivity index (χ3v) is 5.14. The maximum absolute atomic E-state index is 4.67. The zero-order chi connectivity index (χ0) is 10.5. The van der Waals surface area contributed by atoms with Gasteiger partial charge < -0.3 is 0 Å². The monoisotopic (exact) mass is 268 g/mol. The van der Waals surface area contributed by atoms with Gasteiger partial charge in [0.2, 0.25) is 0 Å². The van der Waals surface area contributed by atoms with Crippen LogP contribution >= 0.6 is 0 Å². The summed E-state index contributed by atoms with van der Waals surface area (Å²) in [6, 6.07) is 0. The maximum atomic E-state index is 4.67. The standard InChI is InChI=1S/2C5H11N.Mo/c2*1-4-5(2,3)6;/h2*4H2,1-3H3;. The molecule has 0 amide bonds. The zero-order valence-electron chi connectivity index (χ0n) is 9.72. The first-order chi connectivity index (χ1) is 5.83. The van der Waals surface area contributed by atoms with Gasteiger partial charge >= 0.3 is 90.7 Å². The van der Waals surface area contributed by atoms with Gasteiger partial charge in [0.25, 0.3) is 0 Å². The van der Waals surface area contributed by atoms with Gasteiger partial charge in [-0.15, -0.1) is 0 Å². The van der Waals surface area contributed by atoms with E-state index in [1.807, 2.05) is 0 Å². The molecule has 0 spiro atoms. The Bertz CT molecular complexity index is 193. The molecular weight excluding hydrogens is 244 g/mol. The summed E-state index contributed by atoms with van der Waals surface area (Å²) in [6.07, 6.45) is 2.22. The first-order valence-electron chi connectivity index (χ1n) is 4.93. The van der Waals surface area contributed by atoms with Crippen LogP contribution in [0.3, 0.4) is 0 Å². The van der Waals surface area contributed by atoms with Crippen LogP contribution in [0.1, 0.15) is 54.4 Å². The predicted octanol–water partition coefficient (Wildman–Crippen LogP) is 3.81. The minimum absolute atomic E-state index is 0.148. The Morgan fingerprint density at radius 1 is 0.846 bits per heavy atom. The molecule has 0 N–H and O–H groups in total. The summed E-state index contributed by atoms with van der Waals surface area (Å²) in [5, 5.41) is 0. The van der Waals surface area contributed by atoms with Crippen LogP contribution < -0.4 is 0 Å².